The zero-order chi connectivity index (χ0) is 14.9. The Kier molecular flexibility index (Phi) is 1.58. The molecule has 0 radical (unpaired) electrons. The van der Waals surface area contributed by atoms with Gasteiger partial charge in [-0.2, -0.15) is 4.79 Å². The van der Waals surface area contributed by atoms with Gasteiger partial charge >= 0.3 is 11.6 Å². The predicted octanol–water partition coefficient (Wildman–Crippen LogP) is 1.34. The zero-order valence-corrected chi connectivity index (χ0v) is 7.75. The number of nitrogens with zero attached hydrogens (tertiary/aromatic N) is 3. The van der Waals surface area contributed by atoms with Gasteiger partial charge in [0, 0.05) is 19.7 Å². The largest absolute Gasteiger partial charge is 0.361 e. The lowest BCUT2D eigenvalue weighted by atomic mass is 10.2. The molecule has 0 saturated heterocycles. The Morgan fingerprint density at radius 3 is 2.57 bits per heavy atom. The van der Waals surface area contributed by atoms with Gasteiger partial charge in [0.05, 0.1) is 6.85 Å². The van der Waals surface area contributed by atoms with Crippen LogP contribution in [0.25, 0.3) is 5.53 Å². The van der Waals surface area contributed by atoms with Crippen LogP contribution in [-0.2, 0) is 4.79 Å². The monoisotopic (exact) mass is 194 g/mol. The summed E-state index contributed by atoms with van der Waals surface area (Å²) in [6.07, 6.45) is 0. The van der Waals surface area contributed by atoms with Gasteiger partial charge in [0.1, 0.15) is 0 Å². The second-order valence-electron chi connectivity index (χ2n) is 2.52. The van der Waals surface area contributed by atoms with E-state index in [-0.39, 0.29) is 11.4 Å². The van der Waals surface area contributed by atoms with Gasteiger partial charge in [-0.15, -0.1) is 0 Å². The average molecular weight is 194 g/mol. The molecule has 0 fully saturated rings. The molecule has 0 atom stereocenters. The molecule has 4 heteroatoms. The van der Waals surface area contributed by atoms with Crippen LogP contribution in [0.1, 0.15) is 13.8 Å². The predicted molar refractivity (Wildman–Crippen MR) is 54.2 cm³/mol. The van der Waals surface area contributed by atoms with Gasteiger partial charge in [-0.1, -0.05) is 18.1 Å². The van der Waals surface area contributed by atoms with Crippen LogP contribution in [0, 0.1) is 0 Å². The fourth-order valence-corrected chi connectivity index (χ4v) is 0.798. The molecule has 0 aliphatic carbocycles. The summed E-state index contributed by atoms with van der Waals surface area (Å²) in [5, 5.41) is 0. The van der Waals surface area contributed by atoms with E-state index in [0.717, 1.165) is 4.90 Å². The highest BCUT2D eigenvalue weighted by molar-refractivity contribution is 6.40. The van der Waals surface area contributed by atoms with Crippen molar-refractivity contribution in [2.75, 3.05) is 11.9 Å². The molecule has 0 N–H and O–H groups in total. The Morgan fingerprint density at radius 2 is 2.07 bits per heavy atom. The van der Waals surface area contributed by atoms with Gasteiger partial charge in [0.2, 0.25) is 0 Å². The molecule has 0 heterocycles. The van der Waals surface area contributed by atoms with E-state index in [1.807, 2.05) is 0 Å². The first kappa shape index (κ1) is 5.08. The molecule has 4 nitrogen and oxygen atoms in total. The van der Waals surface area contributed by atoms with E-state index in [1.165, 1.54) is 14.0 Å². The summed E-state index contributed by atoms with van der Waals surface area (Å²) in [6.45, 7) is 1.24. The summed E-state index contributed by atoms with van der Waals surface area (Å²) in [4.78, 5) is 15.4. The van der Waals surface area contributed by atoms with E-state index >= 15 is 0 Å². The number of rotatable bonds is 2. The van der Waals surface area contributed by atoms with Crippen molar-refractivity contribution in [3.05, 3.63) is 35.7 Å². The summed E-state index contributed by atoms with van der Waals surface area (Å²) < 4.78 is 37.8. The smallest absolute Gasteiger partial charge is 0.353 e. The van der Waals surface area contributed by atoms with E-state index in [0.29, 0.717) is 0 Å². The fraction of sp³-hybridized carbons (Fsp3) is 0.200. The van der Waals surface area contributed by atoms with Crippen LogP contribution in [0.3, 0.4) is 0 Å². The third kappa shape index (κ3) is 2.06. The first-order valence-corrected chi connectivity index (χ1v) is 3.77. The molecule has 0 aliphatic heterocycles. The Labute approximate surface area is 89.4 Å². The van der Waals surface area contributed by atoms with Crippen molar-refractivity contribution in [2.24, 2.45) is 0 Å². The van der Waals surface area contributed by atoms with Crippen LogP contribution in [0.15, 0.2) is 30.2 Å². The number of amides is 1. The minimum absolute atomic E-state index is 0.255. The Bertz CT molecular complexity index is 581. The van der Waals surface area contributed by atoms with Crippen LogP contribution in [0.2, 0.25) is 0 Å². The van der Waals surface area contributed by atoms with Gasteiger partial charge in [0.25, 0.3) is 0 Å². The van der Waals surface area contributed by atoms with E-state index in [2.05, 4.69) is 4.79 Å². The second kappa shape index (κ2) is 4.35. The molecule has 0 bridgehead atoms. The molecule has 72 valence electrons. The van der Waals surface area contributed by atoms with E-state index in [1.54, 1.807) is 0 Å². The SMILES string of the molecule is [2H]c1c([2H])c([2H])c(N(C)C(=O)C(C)=[N+]=[N-])c([2H])c1[2H]. The molecule has 0 unspecified atom stereocenters. The van der Waals surface area contributed by atoms with E-state index in [4.69, 9.17) is 12.4 Å². The second-order valence-corrected chi connectivity index (χ2v) is 2.52. The standard InChI is InChI=1S/C10H11N3O/c1-8(12-11)10(14)13(2)9-6-4-3-5-7-9/h3-7H,1-2H3/i3D,4D,5D,6D,7D. The molecule has 0 aromatic heterocycles. The van der Waals surface area contributed by atoms with Crippen molar-refractivity contribution in [3.8, 4) is 0 Å². The van der Waals surface area contributed by atoms with Crippen molar-refractivity contribution in [1.29, 1.82) is 0 Å². The molecule has 1 aromatic rings. The van der Waals surface area contributed by atoms with Crippen molar-refractivity contribution < 1.29 is 16.4 Å². The molecular formula is C10H11N3O. The molecule has 0 saturated carbocycles. The number of carbonyl (C=O) groups excluding carboxylic acids is 1. The first-order chi connectivity index (χ1) is 8.73. The summed E-state index contributed by atoms with van der Waals surface area (Å²) in [5.41, 5.74) is 8.02. The summed E-state index contributed by atoms with van der Waals surface area (Å²) >= 11 is 0. The highest BCUT2D eigenvalue weighted by Gasteiger charge is 2.19. The van der Waals surface area contributed by atoms with Crippen molar-refractivity contribution >= 4 is 17.3 Å². The van der Waals surface area contributed by atoms with Gasteiger partial charge in [0.15, 0.2) is 0 Å². The van der Waals surface area contributed by atoms with Crippen molar-refractivity contribution in [2.45, 2.75) is 6.92 Å². The lowest BCUT2D eigenvalue weighted by molar-refractivity contribution is -0.116. The van der Waals surface area contributed by atoms with Crippen molar-refractivity contribution in [3.63, 3.8) is 0 Å². The van der Waals surface area contributed by atoms with Gasteiger partial charge in [-0.3, -0.25) is 4.79 Å². The van der Waals surface area contributed by atoms with Gasteiger partial charge in [-0.05, 0) is 12.1 Å². The molecule has 1 aromatic carbocycles. The Balaban J connectivity index is 3.52. The number of benzene rings is 1. The quantitative estimate of drug-likeness (QED) is 0.398. The van der Waals surface area contributed by atoms with Crippen LogP contribution < -0.4 is 4.90 Å². The molecule has 0 spiro atoms. The van der Waals surface area contributed by atoms with Crippen molar-refractivity contribution in [1.82, 2.24) is 0 Å². The van der Waals surface area contributed by atoms with Crippen LogP contribution in [0.5, 0.6) is 0 Å². The summed E-state index contributed by atoms with van der Waals surface area (Å²) in [6, 6.07) is -2.59. The highest BCUT2D eigenvalue weighted by Crippen LogP contribution is 2.10. The topological polar surface area (TPSA) is 56.7 Å². The van der Waals surface area contributed by atoms with E-state index in [9.17, 15) is 4.79 Å². The lowest BCUT2D eigenvalue weighted by Gasteiger charge is -2.13. The van der Waals surface area contributed by atoms with E-state index < -0.39 is 36.1 Å². The third-order valence-electron chi connectivity index (χ3n) is 1.59. The third-order valence-corrected chi connectivity index (χ3v) is 1.59. The maximum absolute atomic E-state index is 11.8. The van der Waals surface area contributed by atoms with Gasteiger partial charge in [-0.25, -0.2) is 0 Å². The molecular weight excluding hydrogens is 178 g/mol. The number of anilines is 1. The summed E-state index contributed by atoms with van der Waals surface area (Å²) in [5.74, 6) is -0.763. The first-order valence-electron chi connectivity index (χ1n) is 6.27. The lowest BCUT2D eigenvalue weighted by Crippen LogP contribution is -2.32. The molecule has 1 amide bonds. The van der Waals surface area contributed by atoms with Gasteiger partial charge < -0.3 is 10.4 Å². The van der Waals surface area contributed by atoms with Crippen LogP contribution >= 0.6 is 0 Å². The average Bonchev–Trinajstić information content (AvgIpc) is 2.41. The Hall–Kier alpha value is -1.93. The molecule has 1 rings (SSSR count). The molecule has 14 heavy (non-hydrogen) atoms. The highest BCUT2D eigenvalue weighted by atomic mass is 16.2. The fourth-order valence-electron chi connectivity index (χ4n) is 0.798. The number of hydrogen-bond acceptors (Lipinski definition) is 1. The number of carbonyl (C=O) groups is 1. The summed E-state index contributed by atoms with van der Waals surface area (Å²) in [7, 11) is 1.24. The molecule has 0 aliphatic rings. The normalized spacial score (nSPS) is 14.0. The minimum atomic E-state index is -0.763. The maximum atomic E-state index is 11.8. The minimum Gasteiger partial charge on any atom is -0.361 e. The zero-order valence-electron chi connectivity index (χ0n) is 12.7. The van der Waals surface area contributed by atoms with Crippen LogP contribution in [-0.4, -0.2) is 23.5 Å². The van der Waals surface area contributed by atoms with Crippen LogP contribution in [0.4, 0.5) is 5.69 Å². The number of hydrogen-bond donors (Lipinski definition) is 0. The maximum Gasteiger partial charge on any atom is 0.353 e. The Morgan fingerprint density at radius 1 is 1.50 bits per heavy atom. The number of para-hydroxylation sites is 1.